The van der Waals surface area contributed by atoms with Crippen LogP contribution in [-0.4, -0.2) is 9.55 Å². The zero-order chi connectivity index (χ0) is 13.0. The summed E-state index contributed by atoms with van der Waals surface area (Å²) in [4.78, 5) is 4.60. The number of anilines is 1. The van der Waals surface area contributed by atoms with Crippen LogP contribution in [0.1, 0.15) is 36.8 Å². The Bertz CT molecular complexity index is 500. The summed E-state index contributed by atoms with van der Waals surface area (Å²) in [5, 5.41) is 0. The largest absolute Gasteiger partial charge is 0.384 e. The maximum atomic E-state index is 6.19. The number of imidazole rings is 1. The van der Waals surface area contributed by atoms with Crippen LogP contribution in [-0.2, 0) is 13.0 Å². The van der Waals surface area contributed by atoms with Gasteiger partial charge in [-0.05, 0) is 18.9 Å². The summed E-state index contributed by atoms with van der Waals surface area (Å²) in [5.41, 5.74) is 8.44. The first-order chi connectivity index (χ1) is 8.72. The van der Waals surface area contributed by atoms with Crippen LogP contribution in [0.25, 0.3) is 0 Å². The number of nitrogen functional groups attached to an aromatic ring is 1. The molecule has 0 spiro atoms. The van der Waals surface area contributed by atoms with Gasteiger partial charge in [0, 0.05) is 13.0 Å². The van der Waals surface area contributed by atoms with E-state index in [0.29, 0.717) is 0 Å². The molecule has 1 aromatic heterocycles. The van der Waals surface area contributed by atoms with Gasteiger partial charge in [0.1, 0.15) is 11.6 Å². The summed E-state index contributed by atoms with van der Waals surface area (Å²) < 4.78 is 2.13. The first kappa shape index (κ1) is 12.7. The molecular weight excluding hydrogens is 222 g/mol. The molecule has 0 unspecified atom stereocenters. The van der Waals surface area contributed by atoms with Gasteiger partial charge in [-0.25, -0.2) is 4.98 Å². The molecule has 0 fully saturated rings. The van der Waals surface area contributed by atoms with Crippen molar-refractivity contribution in [3.8, 4) is 0 Å². The Morgan fingerprint density at radius 3 is 2.61 bits per heavy atom. The van der Waals surface area contributed by atoms with Gasteiger partial charge in [0.05, 0.1) is 5.69 Å². The summed E-state index contributed by atoms with van der Waals surface area (Å²) in [6.07, 6.45) is 3.13. The van der Waals surface area contributed by atoms with Gasteiger partial charge in [-0.15, -0.1) is 0 Å². The van der Waals surface area contributed by atoms with Crippen LogP contribution < -0.4 is 5.73 Å². The Hall–Kier alpha value is -1.77. The summed E-state index contributed by atoms with van der Waals surface area (Å²) in [6, 6.07) is 10.3. The topological polar surface area (TPSA) is 43.8 Å². The number of hydrogen-bond acceptors (Lipinski definition) is 2. The molecule has 1 heterocycles. The van der Waals surface area contributed by atoms with Gasteiger partial charge in [0.15, 0.2) is 0 Å². The van der Waals surface area contributed by atoms with Gasteiger partial charge < -0.3 is 10.3 Å². The average molecular weight is 243 g/mol. The molecule has 96 valence electrons. The van der Waals surface area contributed by atoms with Crippen LogP contribution in [0.5, 0.6) is 0 Å². The number of hydrogen-bond donors (Lipinski definition) is 1. The summed E-state index contributed by atoms with van der Waals surface area (Å²) in [7, 11) is 0. The number of aryl methyl sites for hydroxylation is 1. The zero-order valence-corrected chi connectivity index (χ0v) is 11.2. The van der Waals surface area contributed by atoms with Crippen molar-refractivity contribution >= 4 is 5.82 Å². The lowest BCUT2D eigenvalue weighted by molar-refractivity contribution is 0.622. The van der Waals surface area contributed by atoms with Crippen molar-refractivity contribution in [3.63, 3.8) is 0 Å². The fourth-order valence-electron chi connectivity index (χ4n) is 2.16. The lowest BCUT2D eigenvalue weighted by Crippen LogP contribution is -2.05. The van der Waals surface area contributed by atoms with E-state index in [0.717, 1.165) is 36.7 Å². The standard InChI is InChI=1S/C15H21N3/c1-3-4-10-18-12(2)17-14(15(18)16)11-13-8-6-5-7-9-13/h5-9H,3-4,10-11,16H2,1-2H3. The number of unbranched alkanes of at least 4 members (excludes halogenated alkanes) is 1. The Kier molecular flexibility index (Phi) is 4.03. The highest BCUT2D eigenvalue weighted by atomic mass is 15.1. The number of benzene rings is 1. The summed E-state index contributed by atoms with van der Waals surface area (Å²) in [6.45, 7) is 5.18. The van der Waals surface area contributed by atoms with Gasteiger partial charge in [-0.1, -0.05) is 43.7 Å². The fourth-order valence-corrected chi connectivity index (χ4v) is 2.16. The second-order valence-corrected chi connectivity index (χ2v) is 4.66. The van der Waals surface area contributed by atoms with Gasteiger partial charge in [0.2, 0.25) is 0 Å². The van der Waals surface area contributed by atoms with E-state index >= 15 is 0 Å². The van der Waals surface area contributed by atoms with E-state index in [-0.39, 0.29) is 0 Å². The van der Waals surface area contributed by atoms with Crippen molar-refractivity contribution in [2.45, 2.75) is 39.7 Å². The van der Waals surface area contributed by atoms with Crippen LogP contribution in [0, 0.1) is 6.92 Å². The third-order valence-corrected chi connectivity index (χ3v) is 3.22. The van der Waals surface area contributed by atoms with E-state index < -0.39 is 0 Å². The second-order valence-electron chi connectivity index (χ2n) is 4.66. The molecule has 3 heteroatoms. The fraction of sp³-hybridized carbons (Fsp3) is 0.400. The number of aromatic nitrogens is 2. The van der Waals surface area contributed by atoms with Crippen LogP contribution >= 0.6 is 0 Å². The van der Waals surface area contributed by atoms with E-state index in [9.17, 15) is 0 Å². The minimum Gasteiger partial charge on any atom is -0.384 e. The molecule has 0 saturated carbocycles. The van der Waals surface area contributed by atoms with Crippen LogP contribution in [0.15, 0.2) is 30.3 Å². The maximum Gasteiger partial charge on any atom is 0.127 e. The molecule has 0 amide bonds. The third kappa shape index (κ3) is 2.73. The third-order valence-electron chi connectivity index (χ3n) is 3.22. The minimum absolute atomic E-state index is 0.812. The van der Waals surface area contributed by atoms with E-state index in [2.05, 4.69) is 28.6 Å². The van der Waals surface area contributed by atoms with Gasteiger partial charge >= 0.3 is 0 Å². The van der Waals surface area contributed by atoms with Gasteiger partial charge in [-0.3, -0.25) is 0 Å². The van der Waals surface area contributed by atoms with Crippen LogP contribution in [0.4, 0.5) is 5.82 Å². The molecule has 0 atom stereocenters. The lowest BCUT2D eigenvalue weighted by atomic mass is 10.1. The first-order valence-electron chi connectivity index (χ1n) is 6.57. The molecule has 0 aliphatic carbocycles. The Morgan fingerprint density at radius 2 is 1.94 bits per heavy atom. The predicted octanol–water partition coefficient (Wildman–Crippen LogP) is 3.16. The molecule has 2 rings (SSSR count). The highest BCUT2D eigenvalue weighted by Gasteiger charge is 2.11. The second kappa shape index (κ2) is 5.71. The average Bonchev–Trinajstić information content (AvgIpc) is 2.64. The van der Waals surface area contributed by atoms with E-state index in [1.165, 1.54) is 12.0 Å². The molecule has 1 aromatic carbocycles. The maximum absolute atomic E-state index is 6.19. The normalized spacial score (nSPS) is 10.8. The molecule has 2 N–H and O–H groups in total. The van der Waals surface area contributed by atoms with Crippen molar-refractivity contribution in [3.05, 3.63) is 47.4 Å². The molecule has 0 aliphatic rings. The summed E-state index contributed by atoms with van der Waals surface area (Å²) >= 11 is 0. The van der Waals surface area contributed by atoms with Crippen molar-refractivity contribution in [2.24, 2.45) is 0 Å². The lowest BCUT2D eigenvalue weighted by Gasteiger charge is -2.06. The van der Waals surface area contributed by atoms with Crippen molar-refractivity contribution in [2.75, 3.05) is 5.73 Å². The van der Waals surface area contributed by atoms with Crippen molar-refractivity contribution in [1.82, 2.24) is 9.55 Å². The van der Waals surface area contributed by atoms with E-state index in [4.69, 9.17) is 5.73 Å². The monoisotopic (exact) mass is 243 g/mol. The molecule has 0 aliphatic heterocycles. The highest BCUT2D eigenvalue weighted by Crippen LogP contribution is 2.18. The van der Waals surface area contributed by atoms with Crippen LogP contribution in [0.2, 0.25) is 0 Å². The zero-order valence-electron chi connectivity index (χ0n) is 11.2. The number of rotatable bonds is 5. The molecule has 2 aromatic rings. The minimum atomic E-state index is 0.812. The van der Waals surface area contributed by atoms with E-state index in [1.807, 2.05) is 25.1 Å². The Balaban J connectivity index is 2.19. The number of nitrogens with zero attached hydrogens (tertiary/aromatic N) is 2. The van der Waals surface area contributed by atoms with Crippen LogP contribution in [0.3, 0.4) is 0 Å². The highest BCUT2D eigenvalue weighted by molar-refractivity contribution is 5.41. The molecule has 3 nitrogen and oxygen atoms in total. The molecule has 0 radical (unpaired) electrons. The SMILES string of the molecule is CCCCn1c(C)nc(Cc2ccccc2)c1N. The Labute approximate surface area is 109 Å². The summed E-state index contributed by atoms with van der Waals surface area (Å²) in [5.74, 6) is 1.84. The van der Waals surface area contributed by atoms with Gasteiger partial charge in [0.25, 0.3) is 0 Å². The molecule has 0 saturated heterocycles. The van der Waals surface area contributed by atoms with Gasteiger partial charge in [-0.2, -0.15) is 0 Å². The quantitative estimate of drug-likeness (QED) is 0.876. The molecular formula is C15H21N3. The molecule has 0 bridgehead atoms. The smallest absolute Gasteiger partial charge is 0.127 e. The number of nitrogens with two attached hydrogens (primary N) is 1. The van der Waals surface area contributed by atoms with E-state index in [1.54, 1.807) is 0 Å². The predicted molar refractivity (Wildman–Crippen MR) is 75.5 cm³/mol. The van der Waals surface area contributed by atoms with Crippen molar-refractivity contribution in [1.29, 1.82) is 0 Å². The first-order valence-corrected chi connectivity index (χ1v) is 6.57. The molecule has 18 heavy (non-hydrogen) atoms. The van der Waals surface area contributed by atoms with Crippen molar-refractivity contribution < 1.29 is 0 Å². The Morgan fingerprint density at radius 1 is 1.22 bits per heavy atom.